The Labute approximate surface area is 86.6 Å². The maximum Gasteiger partial charge on any atom is 0.0509 e. The van der Waals surface area contributed by atoms with Crippen molar-refractivity contribution in [1.29, 1.82) is 0 Å². The summed E-state index contributed by atoms with van der Waals surface area (Å²) in [6, 6.07) is 0.689. The Kier molecular flexibility index (Phi) is 3.42. The quantitative estimate of drug-likeness (QED) is 0.725. The molecular weight excluding hydrogens is 176 g/mol. The number of ether oxygens (including phenoxy) is 1. The van der Waals surface area contributed by atoms with Gasteiger partial charge < -0.3 is 10.5 Å². The summed E-state index contributed by atoms with van der Waals surface area (Å²) in [6.07, 6.45) is 2.53. The highest BCUT2D eigenvalue weighted by molar-refractivity contribution is 4.84. The molecule has 0 aromatic heterocycles. The third-order valence-electron chi connectivity index (χ3n) is 3.87. The molecule has 0 saturated carbocycles. The lowest BCUT2D eigenvalue weighted by molar-refractivity contribution is 0.142. The van der Waals surface area contributed by atoms with Crippen molar-refractivity contribution in [3.8, 4) is 0 Å². The van der Waals surface area contributed by atoms with Gasteiger partial charge in [-0.25, -0.2) is 0 Å². The van der Waals surface area contributed by atoms with Crippen LogP contribution in [0.5, 0.6) is 0 Å². The standard InChI is InChI=1S/C11H22N2O/c1-9(11-3-5-14-8-11)13-4-2-10(6-12)7-13/h9-11H,2-8,12H2,1H3. The summed E-state index contributed by atoms with van der Waals surface area (Å²) in [4.78, 5) is 2.59. The highest BCUT2D eigenvalue weighted by Crippen LogP contribution is 2.25. The average Bonchev–Trinajstić information content (AvgIpc) is 2.88. The van der Waals surface area contributed by atoms with E-state index < -0.39 is 0 Å². The lowest BCUT2D eigenvalue weighted by Crippen LogP contribution is -2.37. The van der Waals surface area contributed by atoms with Crippen LogP contribution in [0.15, 0.2) is 0 Å². The van der Waals surface area contributed by atoms with Crippen molar-refractivity contribution in [2.75, 3.05) is 32.8 Å². The second-order valence-corrected chi connectivity index (χ2v) is 4.75. The first kappa shape index (κ1) is 10.4. The zero-order chi connectivity index (χ0) is 9.97. The zero-order valence-corrected chi connectivity index (χ0v) is 9.11. The summed E-state index contributed by atoms with van der Waals surface area (Å²) in [5, 5.41) is 0. The SMILES string of the molecule is CC(C1CCOC1)N1CCC(CN)C1. The van der Waals surface area contributed by atoms with Gasteiger partial charge in [-0.15, -0.1) is 0 Å². The van der Waals surface area contributed by atoms with Crippen LogP contribution < -0.4 is 5.73 Å². The lowest BCUT2D eigenvalue weighted by atomic mass is 9.99. The fourth-order valence-corrected chi connectivity index (χ4v) is 2.66. The van der Waals surface area contributed by atoms with Gasteiger partial charge in [0.15, 0.2) is 0 Å². The molecule has 2 saturated heterocycles. The Balaban J connectivity index is 1.83. The fraction of sp³-hybridized carbons (Fsp3) is 1.00. The van der Waals surface area contributed by atoms with Crippen LogP contribution in [0.3, 0.4) is 0 Å². The van der Waals surface area contributed by atoms with Crippen molar-refractivity contribution >= 4 is 0 Å². The number of hydrogen-bond donors (Lipinski definition) is 1. The summed E-state index contributed by atoms with van der Waals surface area (Å²) in [7, 11) is 0. The molecule has 3 heteroatoms. The molecule has 14 heavy (non-hydrogen) atoms. The Morgan fingerprint density at radius 2 is 2.36 bits per heavy atom. The Bertz CT molecular complexity index is 180. The van der Waals surface area contributed by atoms with Crippen LogP contribution in [0, 0.1) is 11.8 Å². The molecule has 3 nitrogen and oxygen atoms in total. The lowest BCUT2D eigenvalue weighted by Gasteiger charge is -2.28. The average molecular weight is 198 g/mol. The van der Waals surface area contributed by atoms with Crippen molar-refractivity contribution in [3.63, 3.8) is 0 Å². The van der Waals surface area contributed by atoms with Gasteiger partial charge >= 0.3 is 0 Å². The first-order valence-electron chi connectivity index (χ1n) is 5.83. The fourth-order valence-electron chi connectivity index (χ4n) is 2.66. The molecule has 0 aromatic carbocycles. The molecular formula is C11H22N2O. The normalized spacial score (nSPS) is 36.4. The topological polar surface area (TPSA) is 38.5 Å². The van der Waals surface area contributed by atoms with Crippen LogP contribution in [0.25, 0.3) is 0 Å². The Hall–Kier alpha value is -0.120. The smallest absolute Gasteiger partial charge is 0.0509 e. The monoisotopic (exact) mass is 198 g/mol. The molecule has 2 rings (SSSR count). The number of nitrogens with zero attached hydrogens (tertiary/aromatic N) is 1. The highest BCUT2D eigenvalue weighted by atomic mass is 16.5. The second kappa shape index (κ2) is 4.60. The molecule has 2 aliphatic rings. The van der Waals surface area contributed by atoms with Crippen molar-refractivity contribution in [2.45, 2.75) is 25.8 Å². The van der Waals surface area contributed by atoms with E-state index in [0.29, 0.717) is 6.04 Å². The van der Waals surface area contributed by atoms with E-state index in [2.05, 4.69) is 11.8 Å². The van der Waals surface area contributed by atoms with E-state index in [9.17, 15) is 0 Å². The minimum absolute atomic E-state index is 0.689. The van der Waals surface area contributed by atoms with Crippen LogP contribution >= 0.6 is 0 Å². The summed E-state index contributed by atoms with van der Waals surface area (Å²) in [6.45, 7) is 7.56. The minimum Gasteiger partial charge on any atom is -0.381 e. The number of nitrogens with two attached hydrogens (primary N) is 1. The Morgan fingerprint density at radius 1 is 1.50 bits per heavy atom. The minimum atomic E-state index is 0.689. The van der Waals surface area contributed by atoms with Crippen molar-refractivity contribution in [1.82, 2.24) is 4.90 Å². The van der Waals surface area contributed by atoms with Crippen LogP contribution in [0.1, 0.15) is 19.8 Å². The van der Waals surface area contributed by atoms with E-state index in [0.717, 1.165) is 31.6 Å². The predicted molar refractivity (Wildman–Crippen MR) is 57.1 cm³/mol. The van der Waals surface area contributed by atoms with Crippen LogP contribution in [0.4, 0.5) is 0 Å². The van der Waals surface area contributed by atoms with E-state index in [-0.39, 0.29) is 0 Å². The maximum absolute atomic E-state index is 5.70. The van der Waals surface area contributed by atoms with Gasteiger partial charge in [0.1, 0.15) is 0 Å². The molecule has 2 heterocycles. The summed E-state index contributed by atoms with van der Waals surface area (Å²) < 4.78 is 5.44. The van der Waals surface area contributed by atoms with Crippen LogP contribution in [0.2, 0.25) is 0 Å². The molecule has 0 bridgehead atoms. The largest absolute Gasteiger partial charge is 0.381 e. The molecule has 0 spiro atoms. The van der Waals surface area contributed by atoms with Crippen molar-refractivity contribution in [2.24, 2.45) is 17.6 Å². The summed E-state index contributed by atoms with van der Waals surface area (Å²) in [5.41, 5.74) is 5.70. The van der Waals surface area contributed by atoms with Crippen LogP contribution in [-0.4, -0.2) is 43.8 Å². The maximum atomic E-state index is 5.70. The van der Waals surface area contributed by atoms with E-state index in [1.165, 1.54) is 25.9 Å². The molecule has 0 aliphatic carbocycles. The first-order chi connectivity index (χ1) is 6.81. The molecule has 3 atom stereocenters. The second-order valence-electron chi connectivity index (χ2n) is 4.75. The van der Waals surface area contributed by atoms with Gasteiger partial charge in [-0.2, -0.15) is 0 Å². The third-order valence-corrected chi connectivity index (χ3v) is 3.87. The summed E-state index contributed by atoms with van der Waals surface area (Å²) >= 11 is 0. The molecule has 2 aliphatic heterocycles. The number of rotatable bonds is 3. The van der Waals surface area contributed by atoms with Gasteiger partial charge in [0.2, 0.25) is 0 Å². The molecule has 82 valence electrons. The zero-order valence-electron chi connectivity index (χ0n) is 9.11. The highest BCUT2D eigenvalue weighted by Gasteiger charge is 2.31. The molecule has 2 N–H and O–H groups in total. The first-order valence-corrected chi connectivity index (χ1v) is 5.83. The molecule has 0 amide bonds. The van der Waals surface area contributed by atoms with Gasteiger partial charge in [-0.1, -0.05) is 0 Å². The van der Waals surface area contributed by atoms with Gasteiger partial charge in [0.25, 0.3) is 0 Å². The molecule has 0 aromatic rings. The van der Waals surface area contributed by atoms with Gasteiger partial charge in [-0.3, -0.25) is 4.90 Å². The summed E-state index contributed by atoms with van der Waals surface area (Å²) in [5.74, 6) is 1.49. The van der Waals surface area contributed by atoms with E-state index in [4.69, 9.17) is 10.5 Å². The van der Waals surface area contributed by atoms with Crippen LogP contribution in [-0.2, 0) is 4.74 Å². The van der Waals surface area contributed by atoms with E-state index in [1.54, 1.807) is 0 Å². The Morgan fingerprint density at radius 3 is 2.93 bits per heavy atom. The van der Waals surface area contributed by atoms with Gasteiger partial charge in [0, 0.05) is 19.2 Å². The van der Waals surface area contributed by atoms with Gasteiger partial charge in [-0.05, 0) is 44.7 Å². The number of hydrogen-bond acceptors (Lipinski definition) is 3. The van der Waals surface area contributed by atoms with Crippen molar-refractivity contribution < 1.29 is 4.74 Å². The predicted octanol–water partition coefficient (Wildman–Crippen LogP) is 0.692. The van der Waals surface area contributed by atoms with Crippen molar-refractivity contribution in [3.05, 3.63) is 0 Å². The molecule has 2 fully saturated rings. The molecule has 3 unspecified atom stereocenters. The molecule has 0 radical (unpaired) electrons. The van der Waals surface area contributed by atoms with E-state index in [1.807, 2.05) is 0 Å². The van der Waals surface area contributed by atoms with Gasteiger partial charge in [0.05, 0.1) is 6.61 Å². The van der Waals surface area contributed by atoms with E-state index >= 15 is 0 Å². The third kappa shape index (κ3) is 2.10. The number of likely N-dealkylation sites (tertiary alicyclic amines) is 1.